The molecule has 4 aromatic rings. The van der Waals surface area contributed by atoms with Crippen LogP contribution in [0.1, 0.15) is 28.5 Å². The molecule has 0 saturated carbocycles. The van der Waals surface area contributed by atoms with Crippen molar-refractivity contribution < 1.29 is 4.79 Å². The van der Waals surface area contributed by atoms with Gasteiger partial charge in [0.1, 0.15) is 4.83 Å². The zero-order valence-corrected chi connectivity index (χ0v) is 21.5. The number of nitrogens with zero attached hydrogens (tertiary/aromatic N) is 3. The van der Waals surface area contributed by atoms with E-state index in [1.165, 1.54) is 0 Å². The van der Waals surface area contributed by atoms with Crippen LogP contribution in [0.15, 0.2) is 63.0 Å². The highest BCUT2D eigenvalue weighted by molar-refractivity contribution is 9.10. The Balaban J connectivity index is 1.65. The number of fused-ring (bicyclic) bond motifs is 3. The quantitative estimate of drug-likeness (QED) is 0.246. The molecule has 1 amide bonds. The number of aromatic nitrogens is 2. The lowest BCUT2D eigenvalue weighted by Gasteiger charge is -2.25. The molecule has 0 fully saturated rings. The van der Waals surface area contributed by atoms with Crippen LogP contribution in [0.3, 0.4) is 0 Å². The number of para-hydroxylation sites is 1. The number of carbonyl (C=O) groups is 1. The van der Waals surface area contributed by atoms with E-state index in [1.54, 1.807) is 34.6 Å². The zero-order chi connectivity index (χ0) is 23.1. The van der Waals surface area contributed by atoms with Gasteiger partial charge in [-0.15, -0.1) is 11.3 Å². The number of halogens is 1. The highest BCUT2D eigenvalue weighted by atomic mass is 79.9. The molecule has 168 valence electrons. The van der Waals surface area contributed by atoms with Crippen LogP contribution in [0.4, 0.5) is 0 Å². The van der Waals surface area contributed by atoms with Crippen LogP contribution in [0.2, 0.25) is 0 Å². The van der Waals surface area contributed by atoms with Gasteiger partial charge in [0, 0.05) is 28.6 Å². The van der Waals surface area contributed by atoms with Gasteiger partial charge in [-0.1, -0.05) is 58.0 Å². The van der Waals surface area contributed by atoms with Gasteiger partial charge in [-0.25, -0.2) is 4.98 Å². The van der Waals surface area contributed by atoms with Crippen molar-refractivity contribution in [2.75, 3.05) is 6.54 Å². The first-order chi connectivity index (χ1) is 15.9. The lowest BCUT2D eigenvalue weighted by Crippen LogP contribution is -2.34. The van der Waals surface area contributed by atoms with Crippen LogP contribution in [-0.2, 0) is 23.5 Å². The predicted molar refractivity (Wildman–Crippen MR) is 138 cm³/mol. The summed E-state index contributed by atoms with van der Waals surface area (Å²) < 4.78 is 2.81. The molecular formula is C25H22BrN3O2S2. The fourth-order valence-corrected chi connectivity index (χ4v) is 6.65. The Labute approximate surface area is 208 Å². The SMILES string of the molecule is CC(=O)N1CCc2c(sc3nc(SCc4ccc(Br)cc4)n(-c4ccccc4C)c(=O)c23)C1. The normalized spacial score (nSPS) is 13.4. The zero-order valence-electron chi connectivity index (χ0n) is 18.3. The van der Waals surface area contributed by atoms with E-state index in [9.17, 15) is 9.59 Å². The van der Waals surface area contributed by atoms with Crippen molar-refractivity contribution in [2.24, 2.45) is 0 Å². The van der Waals surface area contributed by atoms with Gasteiger partial charge in [0.05, 0.1) is 17.6 Å². The molecular weight excluding hydrogens is 518 g/mol. The lowest BCUT2D eigenvalue weighted by molar-refractivity contribution is -0.129. The van der Waals surface area contributed by atoms with Crippen molar-refractivity contribution in [3.05, 3.63) is 84.9 Å². The molecule has 2 aromatic carbocycles. The van der Waals surface area contributed by atoms with Crippen molar-refractivity contribution >= 4 is 55.2 Å². The van der Waals surface area contributed by atoms with Crippen molar-refractivity contribution in [3.8, 4) is 5.69 Å². The Morgan fingerprint density at radius 1 is 1.18 bits per heavy atom. The van der Waals surface area contributed by atoms with Gasteiger partial charge in [-0.05, 0) is 48.2 Å². The number of carbonyl (C=O) groups excluding carboxylic acids is 1. The van der Waals surface area contributed by atoms with Crippen LogP contribution in [0.25, 0.3) is 15.9 Å². The predicted octanol–water partition coefficient (Wildman–Crippen LogP) is 5.72. The van der Waals surface area contributed by atoms with Gasteiger partial charge in [0.2, 0.25) is 5.91 Å². The van der Waals surface area contributed by atoms with Gasteiger partial charge in [0.15, 0.2) is 5.16 Å². The number of benzene rings is 2. The number of rotatable bonds is 4. The van der Waals surface area contributed by atoms with Crippen LogP contribution < -0.4 is 5.56 Å². The summed E-state index contributed by atoms with van der Waals surface area (Å²) in [4.78, 5) is 34.5. The van der Waals surface area contributed by atoms with Crippen molar-refractivity contribution in [2.45, 2.75) is 37.7 Å². The number of thioether (sulfide) groups is 1. The molecule has 0 bridgehead atoms. The standard InChI is InChI=1S/C25H22BrN3O2S2/c1-15-5-3-4-6-20(15)29-24(31)22-19-11-12-28(16(2)30)13-21(19)33-23(22)27-25(29)32-14-17-7-9-18(26)10-8-17/h3-10H,11-14H2,1-2H3. The van der Waals surface area contributed by atoms with E-state index < -0.39 is 0 Å². The molecule has 3 heterocycles. The van der Waals surface area contributed by atoms with E-state index in [0.717, 1.165) is 36.6 Å². The number of hydrogen-bond acceptors (Lipinski definition) is 5. The largest absolute Gasteiger partial charge is 0.337 e. The molecule has 0 saturated heterocycles. The molecule has 1 aliphatic rings. The molecule has 2 aromatic heterocycles. The molecule has 0 N–H and O–H groups in total. The fraction of sp³-hybridized carbons (Fsp3) is 0.240. The summed E-state index contributed by atoms with van der Waals surface area (Å²) in [6.45, 7) is 4.80. The Morgan fingerprint density at radius 3 is 2.67 bits per heavy atom. The highest BCUT2D eigenvalue weighted by Gasteiger charge is 2.26. The van der Waals surface area contributed by atoms with E-state index in [2.05, 4.69) is 28.1 Å². The average molecular weight is 541 g/mol. The monoisotopic (exact) mass is 539 g/mol. The molecule has 0 unspecified atom stereocenters. The number of thiophene rings is 1. The summed E-state index contributed by atoms with van der Waals surface area (Å²) in [5, 5.41) is 1.39. The number of aryl methyl sites for hydroxylation is 1. The third-order valence-corrected chi connectivity index (χ3v) is 8.58. The summed E-state index contributed by atoms with van der Waals surface area (Å²) in [5.74, 6) is 0.773. The second-order valence-electron chi connectivity index (χ2n) is 8.11. The van der Waals surface area contributed by atoms with Crippen molar-refractivity contribution in [3.63, 3.8) is 0 Å². The topological polar surface area (TPSA) is 55.2 Å². The fourth-order valence-electron chi connectivity index (χ4n) is 4.14. The molecule has 0 aliphatic carbocycles. The van der Waals surface area contributed by atoms with Gasteiger partial charge in [-0.2, -0.15) is 0 Å². The Hall–Kier alpha value is -2.42. The van der Waals surface area contributed by atoms with E-state index in [1.807, 2.05) is 48.2 Å². The first-order valence-corrected chi connectivity index (χ1v) is 13.3. The van der Waals surface area contributed by atoms with E-state index >= 15 is 0 Å². The molecule has 8 heteroatoms. The summed E-state index contributed by atoms with van der Waals surface area (Å²) >= 11 is 6.59. The van der Waals surface area contributed by atoms with E-state index in [-0.39, 0.29) is 11.5 Å². The Bertz CT molecular complexity index is 1430. The molecule has 0 radical (unpaired) electrons. The van der Waals surface area contributed by atoms with Gasteiger partial charge < -0.3 is 4.90 Å². The number of amides is 1. The minimum Gasteiger partial charge on any atom is -0.337 e. The first kappa shape index (κ1) is 22.4. The average Bonchev–Trinajstić information content (AvgIpc) is 3.17. The highest BCUT2D eigenvalue weighted by Crippen LogP contribution is 2.35. The maximum atomic E-state index is 13.9. The maximum absolute atomic E-state index is 13.9. The molecule has 0 atom stereocenters. The maximum Gasteiger partial charge on any atom is 0.267 e. The summed E-state index contributed by atoms with van der Waals surface area (Å²) in [6.07, 6.45) is 0.686. The molecule has 5 rings (SSSR count). The van der Waals surface area contributed by atoms with Crippen LogP contribution in [0, 0.1) is 6.92 Å². The minimum atomic E-state index is -0.0265. The second kappa shape index (κ2) is 9.08. The van der Waals surface area contributed by atoms with Crippen molar-refractivity contribution in [1.82, 2.24) is 14.5 Å². The van der Waals surface area contributed by atoms with Gasteiger partial charge in [0.25, 0.3) is 5.56 Å². The van der Waals surface area contributed by atoms with Gasteiger partial charge >= 0.3 is 0 Å². The summed E-state index contributed by atoms with van der Waals surface area (Å²) in [6, 6.07) is 16.1. The first-order valence-electron chi connectivity index (χ1n) is 10.7. The summed E-state index contributed by atoms with van der Waals surface area (Å²) in [5.41, 5.74) is 4.07. The lowest BCUT2D eigenvalue weighted by atomic mass is 10.1. The second-order valence-corrected chi connectivity index (χ2v) is 11.1. The smallest absolute Gasteiger partial charge is 0.267 e. The van der Waals surface area contributed by atoms with E-state index in [0.29, 0.717) is 35.8 Å². The molecule has 1 aliphatic heterocycles. The van der Waals surface area contributed by atoms with Crippen LogP contribution in [-0.4, -0.2) is 26.9 Å². The number of hydrogen-bond donors (Lipinski definition) is 0. The van der Waals surface area contributed by atoms with Gasteiger partial charge in [-0.3, -0.25) is 14.2 Å². The molecule has 33 heavy (non-hydrogen) atoms. The van der Waals surface area contributed by atoms with Crippen LogP contribution in [0.5, 0.6) is 0 Å². The van der Waals surface area contributed by atoms with Crippen LogP contribution >= 0.6 is 39.0 Å². The van der Waals surface area contributed by atoms with Crippen molar-refractivity contribution in [1.29, 1.82) is 0 Å². The summed E-state index contributed by atoms with van der Waals surface area (Å²) in [7, 11) is 0. The van der Waals surface area contributed by atoms with E-state index in [4.69, 9.17) is 4.98 Å². The molecule has 5 nitrogen and oxygen atoms in total. The molecule has 0 spiro atoms. The Kier molecular flexibility index (Phi) is 6.16. The third kappa shape index (κ3) is 4.27. The Morgan fingerprint density at radius 2 is 1.94 bits per heavy atom. The minimum absolute atomic E-state index is 0.0265. The third-order valence-electron chi connectivity index (χ3n) is 5.93.